The SMILES string of the molecule is CC(O)(OC(=O)CCC(=O)O)OC(=O)CCC(=O)O. The number of hydrogen-bond donors (Lipinski definition) is 3. The molecule has 9 heteroatoms. The van der Waals surface area contributed by atoms with Crippen LogP contribution in [0.15, 0.2) is 0 Å². The minimum atomic E-state index is -2.56. The number of rotatable bonds is 8. The third-order valence-corrected chi connectivity index (χ3v) is 1.69. The summed E-state index contributed by atoms with van der Waals surface area (Å²) in [7, 11) is 0. The van der Waals surface area contributed by atoms with Gasteiger partial charge in [-0.2, -0.15) is 0 Å². The molecule has 0 bridgehead atoms. The van der Waals surface area contributed by atoms with Gasteiger partial charge in [0.15, 0.2) is 0 Å². The van der Waals surface area contributed by atoms with Crippen molar-refractivity contribution in [3.63, 3.8) is 0 Å². The third-order valence-electron chi connectivity index (χ3n) is 1.69. The van der Waals surface area contributed by atoms with E-state index in [-0.39, 0.29) is 0 Å². The van der Waals surface area contributed by atoms with E-state index in [0.717, 1.165) is 6.92 Å². The van der Waals surface area contributed by atoms with Crippen molar-refractivity contribution in [1.29, 1.82) is 0 Å². The topological polar surface area (TPSA) is 147 Å². The number of carboxylic acids is 2. The van der Waals surface area contributed by atoms with E-state index in [0.29, 0.717) is 0 Å². The number of carboxylic acid groups (broad SMARTS) is 2. The van der Waals surface area contributed by atoms with Gasteiger partial charge in [-0.1, -0.05) is 0 Å². The average Bonchev–Trinajstić information content (AvgIpc) is 2.22. The molecular weight excluding hydrogens is 264 g/mol. The molecule has 0 saturated heterocycles. The van der Waals surface area contributed by atoms with E-state index in [9.17, 15) is 24.3 Å². The fraction of sp³-hybridized carbons (Fsp3) is 0.600. The van der Waals surface area contributed by atoms with Crippen LogP contribution in [-0.2, 0) is 28.7 Å². The van der Waals surface area contributed by atoms with Gasteiger partial charge in [-0.3, -0.25) is 19.2 Å². The van der Waals surface area contributed by atoms with Gasteiger partial charge in [-0.05, 0) is 0 Å². The second kappa shape index (κ2) is 7.31. The van der Waals surface area contributed by atoms with Crippen LogP contribution >= 0.6 is 0 Å². The van der Waals surface area contributed by atoms with E-state index in [2.05, 4.69) is 9.47 Å². The fourth-order valence-electron chi connectivity index (χ4n) is 0.963. The first-order valence-electron chi connectivity index (χ1n) is 5.22. The maximum atomic E-state index is 11.1. The lowest BCUT2D eigenvalue weighted by Crippen LogP contribution is -2.37. The molecule has 0 aromatic carbocycles. The number of aliphatic carboxylic acids is 2. The van der Waals surface area contributed by atoms with E-state index in [4.69, 9.17) is 10.2 Å². The van der Waals surface area contributed by atoms with Gasteiger partial charge in [0, 0.05) is 6.92 Å². The van der Waals surface area contributed by atoms with Crippen LogP contribution in [0.4, 0.5) is 0 Å². The number of carbonyl (C=O) groups is 4. The van der Waals surface area contributed by atoms with Gasteiger partial charge in [0.2, 0.25) is 0 Å². The first kappa shape index (κ1) is 16.8. The molecule has 0 rings (SSSR count). The van der Waals surface area contributed by atoms with Crippen LogP contribution in [0, 0.1) is 0 Å². The number of hydrogen-bond acceptors (Lipinski definition) is 7. The van der Waals surface area contributed by atoms with Crippen LogP contribution in [0.1, 0.15) is 32.6 Å². The van der Waals surface area contributed by atoms with Gasteiger partial charge < -0.3 is 24.8 Å². The molecule has 3 N–H and O–H groups in total. The second-order valence-corrected chi connectivity index (χ2v) is 3.63. The summed E-state index contributed by atoms with van der Waals surface area (Å²) in [5, 5.41) is 26.0. The first-order valence-corrected chi connectivity index (χ1v) is 5.22. The molecule has 0 fully saturated rings. The average molecular weight is 278 g/mol. The lowest BCUT2D eigenvalue weighted by molar-refractivity contribution is -0.314. The predicted octanol–water partition coefficient (Wildman–Crippen LogP) is -0.532. The van der Waals surface area contributed by atoms with E-state index >= 15 is 0 Å². The van der Waals surface area contributed by atoms with Gasteiger partial charge in [0.1, 0.15) is 0 Å². The molecule has 0 aliphatic carbocycles. The van der Waals surface area contributed by atoms with Crippen LogP contribution in [0.5, 0.6) is 0 Å². The smallest absolute Gasteiger partial charge is 0.370 e. The van der Waals surface area contributed by atoms with Crippen molar-refractivity contribution in [2.24, 2.45) is 0 Å². The van der Waals surface area contributed by atoms with E-state index < -0.39 is 55.5 Å². The van der Waals surface area contributed by atoms with Crippen molar-refractivity contribution in [2.45, 2.75) is 38.6 Å². The number of esters is 2. The Morgan fingerprint density at radius 1 is 0.842 bits per heavy atom. The Morgan fingerprint density at radius 2 is 1.16 bits per heavy atom. The molecule has 0 saturated carbocycles. The van der Waals surface area contributed by atoms with Crippen molar-refractivity contribution >= 4 is 23.9 Å². The van der Waals surface area contributed by atoms with Crippen LogP contribution in [-0.4, -0.2) is 45.2 Å². The van der Waals surface area contributed by atoms with Crippen molar-refractivity contribution in [3.05, 3.63) is 0 Å². The summed E-state index contributed by atoms with van der Waals surface area (Å²) in [6.45, 7) is 0.852. The summed E-state index contributed by atoms with van der Waals surface area (Å²) in [6.07, 6.45) is -2.00. The zero-order valence-corrected chi connectivity index (χ0v) is 10.1. The molecule has 0 spiro atoms. The Labute approximate surface area is 107 Å². The number of ether oxygens (including phenoxy) is 2. The van der Waals surface area contributed by atoms with Gasteiger partial charge in [0.05, 0.1) is 25.7 Å². The van der Waals surface area contributed by atoms with Crippen LogP contribution in [0.3, 0.4) is 0 Å². The summed E-state index contributed by atoms with van der Waals surface area (Å²) in [5.74, 6) is -7.16. The van der Waals surface area contributed by atoms with Crippen molar-refractivity contribution in [1.82, 2.24) is 0 Å². The molecule has 0 aliphatic heterocycles. The monoisotopic (exact) mass is 278 g/mol. The maximum absolute atomic E-state index is 11.1. The molecule has 19 heavy (non-hydrogen) atoms. The zero-order valence-electron chi connectivity index (χ0n) is 10.1. The molecule has 0 radical (unpaired) electrons. The first-order chi connectivity index (χ1) is 8.62. The quantitative estimate of drug-likeness (QED) is 0.393. The lowest BCUT2D eigenvalue weighted by Gasteiger charge is -2.22. The van der Waals surface area contributed by atoms with Crippen molar-refractivity contribution < 1.29 is 44.0 Å². The summed E-state index contributed by atoms with van der Waals surface area (Å²) in [5.41, 5.74) is 0. The molecule has 0 aromatic rings. The number of aliphatic hydroxyl groups is 1. The second-order valence-electron chi connectivity index (χ2n) is 3.63. The highest BCUT2D eigenvalue weighted by atomic mass is 16.8. The highest BCUT2D eigenvalue weighted by molar-refractivity contribution is 5.78. The molecule has 9 nitrogen and oxygen atoms in total. The number of carbonyl (C=O) groups excluding carboxylic acids is 2. The summed E-state index contributed by atoms with van der Waals surface area (Å²) < 4.78 is 8.66. The standard InChI is InChI=1S/C10H14O9/c1-10(17,18-8(15)4-2-6(11)12)19-9(16)5-3-7(13)14/h17H,2-5H2,1H3,(H,11,12)(H,13,14). The van der Waals surface area contributed by atoms with E-state index in [1.807, 2.05) is 0 Å². The largest absolute Gasteiger partial charge is 0.481 e. The molecule has 0 amide bonds. The maximum Gasteiger partial charge on any atom is 0.370 e. The van der Waals surface area contributed by atoms with Gasteiger partial charge in [0.25, 0.3) is 0 Å². The Balaban J connectivity index is 4.15. The minimum Gasteiger partial charge on any atom is -0.481 e. The Kier molecular flexibility index (Phi) is 6.48. The van der Waals surface area contributed by atoms with Gasteiger partial charge in [-0.15, -0.1) is 0 Å². The Morgan fingerprint density at radius 3 is 1.42 bits per heavy atom. The van der Waals surface area contributed by atoms with Crippen LogP contribution in [0.25, 0.3) is 0 Å². The highest BCUT2D eigenvalue weighted by Gasteiger charge is 2.30. The van der Waals surface area contributed by atoms with Crippen LogP contribution in [0.2, 0.25) is 0 Å². The fourth-order valence-corrected chi connectivity index (χ4v) is 0.963. The lowest BCUT2D eigenvalue weighted by atomic mass is 10.3. The normalized spacial score (nSPS) is 10.6. The summed E-state index contributed by atoms with van der Waals surface area (Å²) in [6, 6.07) is 0. The predicted molar refractivity (Wildman–Crippen MR) is 56.5 cm³/mol. The molecule has 0 aliphatic rings. The molecule has 0 atom stereocenters. The molecule has 108 valence electrons. The Hall–Kier alpha value is -2.16. The molecular formula is C10H14O9. The zero-order chi connectivity index (χ0) is 15.1. The molecule has 0 unspecified atom stereocenters. The summed E-state index contributed by atoms with van der Waals surface area (Å²) in [4.78, 5) is 42.5. The highest BCUT2D eigenvalue weighted by Crippen LogP contribution is 2.12. The van der Waals surface area contributed by atoms with Crippen LogP contribution < -0.4 is 0 Å². The molecule has 0 aromatic heterocycles. The van der Waals surface area contributed by atoms with E-state index in [1.54, 1.807) is 0 Å². The van der Waals surface area contributed by atoms with Crippen molar-refractivity contribution in [3.8, 4) is 0 Å². The van der Waals surface area contributed by atoms with Crippen molar-refractivity contribution in [2.75, 3.05) is 0 Å². The Bertz CT molecular complexity index is 337. The third kappa shape index (κ3) is 9.53. The minimum absolute atomic E-state index is 0.498. The van der Waals surface area contributed by atoms with E-state index in [1.165, 1.54) is 0 Å². The van der Waals surface area contributed by atoms with Gasteiger partial charge in [-0.25, -0.2) is 0 Å². The van der Waals surface area contributed by atoms with Gasteiger partial charge >= 0.3 is 29.9 Å². The molecule has 0 heterocycles. The summed E-state index contributed by atoms with van der Waals surface area (Å²) >= 11 is 0.